The van der Waals surface area contributed by atoms with Crippen LogP contribution in [0.25, 0.3) is 0 Å². The van der Waals surface area contributed by atoms with E-state index in [4.69, 9.17) is 0 Å². The molecule has 0 bridgehead atoms. The lowest BCUT2D eigenvalue weighted by atomic mass is 10.0. The van der Waals surface area contributed by atoms with Crippen LogP contribution in [0.15, 0.2) is 42.7 Å². The van der Waals surface area contributed by atoms with Gasteiger partial charge in [-0.05, 0) is 30.4 Å². The minimum atomic E-state index is -0.538. The molecular weight excluding hydrogens is 316 g/mol. The Hall–Kier alpha value is -2.63. The molecule has 1 heterocycles. The number of aryl methyl sites for hydroxylation is 2. The lowest BCUT2D eigenvalue weighted by Gasteiger charge is -2.18. The van der Waals surface area contributed by atoms with Gasteiger partial charge in [-0.25, -0.2) is 0 Å². The van der Waals surface area contributed by atoms with Gasteiger partial charge in [-0.1, -0.05) is 30.3 Å². The molecule has 1 aromatic heterocycles. The lowest BCUT2D eigenvalue weighted by molar-refractivity contribution is -0.129. The summed E-state index contributed by atoms with van der Waals surface area (Å²) in [5.41, 5.74) is 2.05. The van der Waals surface area contributed by atoms with Gasteiger partial charge in [0.1, 0.15) is 6.04 Å². The first kappa shape index (κ1) is 17.2. The largest absolute Gasteiger partial charge is 0.352 e. The molecule has 0 saturated heterocycles. The molecule has 1 aliphatic carbocycles. The summed E-state index contributed by atoms with van der Waals surface area (Å²) in [7, 11) is 1.85. The quantitative estimate of drug-likeness (QED) is 0.762. The Labute approximate surface area is 147 Å². The fourth-order valence-corrected chi connectivity index (χ4v) is 2.71. The van der Waals surface area contributed by atoms with Crippen molar-refractivity contribution in [1.29, 1.82) is 0 Å². The number of amides is 2. The zero-order chi connectivity index (χ0) is 17.6. The van der Waals surface area contributed by atoms with Crippen molar-refractivity contribution in [1.82, 2.24) is 20.4 Å². The predicted octanol–water partition coefficient (Wildman–Crippen LogP) is 1.36. The Kier molecular flexibility index (Phi) is 5.48. The molecule has 2 amide bonds. The van der Waals surface area contributed by atoms with Crippen LogP contribution in [0, 0.1) is 0 Å². The number of nitrogens with one attached hydrogen (secondary N) is 2. The van der Waals surface area contributed by atoms with Crippen molar-refractivity contribution < 1.29 is 9.59 Å². The van der Waals surface area contributed by atoms with Gasteiger partial charge >= 0.3 is 0 Å². The van der Waals surface area contributed by atoms with Gasteiger partial charge in [0.2, 0.25) is 11.8 Å². The van der Waals surface area contributed by atoms with Crippen molar-refractivity contribution >= 4 is 11.8 Å². The number of nitrogens with zero attached hydrogens (tertiary/aromatic N) is 2. The van der Waals surface area contributed by atoms with Crippen LogP contribution in [0.3, 0.4) is 0 Å². The highest BCUT2D eigenvalue weighted by Gasteiger charge is 2.28. The van der Waals surface area contributed by atoms with Gasteiger partial charge in [0.25, 0.3) is 0 Å². The van der Waals surface area contributed by atoms with E-state index in [0.717, 1.165) is 24.0 Å². The lowest BCUT2D eigenvalue weighted by Crippen LogP contribution is -2.48. The van der Waals surface area contributed by atoms with Gasteiger partial charge in [-0.3, -0.25) is 14.3 Å². The van der Waals surface area contributed by atoms with Crippen LogP contribution in [0.1, 0.15) is 30.4 Å². The smallest absolute Gasteiger partial charge is 0.243 e. The third-order valence-electron chi connectivity index (χ3n) is 4.26. The van der Waals surface area contributed by atoms with Gasteiger partial charge in [-0.2, -0.15) is 5.10 Å². The molecular formula is C19H24N4O2. The molecule has 1 aromatic carbocycles. The van der Waals surface area contributed by atoms with E-state index in [2.05, 4.69) is 15.7 Å². The van der Waals surface area contributed by atoms with Gasteiger partial charge in [0.15, 0.2) is 0 Å². The molecule has 1 unspecified atom stereocenters. The van der Waals surface area contributed by atoms with E-state index >= 15 is 0 Å². The first-order valence-corrected chi connectivity index (χ1v) is 8.71. The second-order valence-corrected chi connectivity index (χ2v) is 6.61. The minimum Gasteiger partial charge on any atom is -0.352 e. The predicted molar refractivity (Wildman–Crippen MR) is 94.8 cm³/mol. The van der Waals surface area contributed by atoms with E-state index in [0.29, 0.717) is 19.3 Å². The first-order chi connectivity index (χ1) is 12.1. The normalized spacial score (nSPS) is 14.8. The minimum absolute atomic E-state index is 0.0962. The third kappa shape index (κ3) is 5.45. The molecule has 1 atom stereocenters. The van der Waals surface area contributed by atoms with Crippen LogP contribution in [0.4, 0.5) is 0 Å². The van der Waals surface area contributed by atoms with Gasteiger partial charge in [0, 0.05) is 32.1 Å². The van der Waals surface area contributed by atoms with Crippen LogP contribution >= 0.6 is 0 Å². The van der Waals surface area contributed by atoms with Gasteiger partial charge in [-0.15, -0.1) is 0 Å². The topological polar surface area (TPSA) is 76.0 Å². The zero-order valence-corrected chi connectivity index (χ0v) is 14.4. The van der Waals surface area contributed by atoms with Crippen molar-refractivity contribution in [3.8, 4) is 0 Å². The van der Waals surface area contributed by atoms with Gasteiger partial charge in [0.05, 0.1) is 6.20 Å². The maximum absolute atomic E-state index is 12.5. The van der Waals surface area contributed by atoms with E-state index < -0.39 is 6.04 Å². The Morgan fingerprint density at radius 2 is 2.00 bits per heavy atom. The van der Waals surface area contributed by atoms with Crippen LogP contribution in [-0.4, -0.2) is 33.7 Å². The summed E-state index contributed by atoms with van der Waals surface area (Å²) in [6, 6.07) is 9.50. The van der Waals surface area contributed by atoms with Crippen molar-refractivity contribution in [2.75, 3.05) is 0 Å². The first-order valence-electron chi connectivity index (χ1n) is 8.71. The molecule has 132 valence electrons. The highest BCUT2D eigenvalue weighted by molar-refractivity contribution is 5.88. The van der Waals surface area contributed by atoms with Crippen LogP contribution in [-0.2, 0) is 29.5 Å². The van der Waals surface area contributed by atoms with Crippen LogP contribution in [0.5, 0.6) is 0 Å². The molecule has 2 aromatic rings. The summed E-state index contributed by atoms with van der Waals surface area (Å²) in [4.78, 5) is 24.8. The fourth-order valence-electron chi connectivity index (χ4n) is 2.71. The summed E-state index contributed by atoms with van der Waals surface area (Å²) in [6.07, 6.45) is 7.16. The Balaban J connectivity index is 1.57. The number of aromatic nitrogens is 2. The summed E-state index contributed by atoms with van der Waals surface area (Å²) in [5.74, 6) is -0.211. The summed E-state index contributed by atoms with van der Waals surface area (Å²) >= 11 is 0. The van der Waals surface area contributed by atoms with E-state index in [1.807, 2.05) is 43.6 Å². The number of carbonyl (C=O) groups excluding carboxylic acids is 2. The Morgan fingerprint density at radius 1 is 1.24 bits per heavy atom. The summed E-state index contributed by atoms with van der Waals surface area (Å²) < 4.78 is 1.72. The van der Waals surface area contributed by atoms with Crippen molar-refractivity contribution in [2.45, 2.75) is 44.2 Å². The molecule has 25 heavy (non-hydrogen) atoms. The number of benzene rings is 1. The van der Waals surface area contributed by atoms with Crippen LogP contribution < -0.4 is 10.6 Å². The zero-order valence-electron chi connectivity index (χ0n) is 14.4. The van der Waals surface area contributed by atoms with Gasteiger partial charge < -0.3 is 10.6 Å². The highest BCUT2D eigenvalue weighted by atomic mass is 16.2. The average Bonchev–Trinajstić information content (AvgIpc) is 3.32. The van der Waals surface area contributed by atoms with Crippen LogP contribution in [0.2, 0.25) is 0 Å². The third-order valence-corrected chi connectivity index (χ3v) is 4.26. The second kappa shape index (κ2) is 7.96. The van der Waals surface area contributed by atoms with E-state index in [1.54, 1.807) is 10.9 Å². The molecule has 6 nitrogen and oxygen atoms in total. The number of hydrogen-bond acceptors (Lipinski definition) is 3. The standard InChI is InChI=1S/C19H24N4O2/c1-23-13-15(12-20-23)7-10-18(24)22-17(19(25)21-16-8-9-16)11-14-5-3-2-4-6-14/h2-6,12-13,16-17H,7-11H2,1H3,(H,21,25)(H,22,24). The van der Waals surface area contributed by atoms with E-state index in [-0.39, 0.29) is 17.9 Å². The summed E-state index contributed by atoms with van der Waals surface area (Å²) in [6.45, 7) is 0. The highest BCUT2D eigenvalue weighted by Crippen LogP contribution is 2.19. The fraction of sp³-hybridized carbons (Fsp3) is 0.421. The Morgan fingerprint density at radius 3 is 2.64 bits per heavy atom. The molecule has 0 aliphatic heterocycles. The Bertz CT molecular complexity index is 722. The SMILES string of the molecule is Cn1cc(CCC(=O)NC(Cc2ccccc2)C(=O)NC2CC2)cn1. The molecule has 3 rings (SSSR count). The van der Waals surface area contributed by atoms with Crippen molar-refractivity contribution in [3.63, 3.8) is 0 Å². The molecule has 0 spiro atoms. The number of rotatable bonds is 8. The van der Waals surface area contributed by atoms with Crippen molar-refractivity contribution in [2.24, 2.45) is 7.05 Å². The monoisotopic (exact) mass is 340 g/mol. The number of hydrogen-bond donors (Lipinski definition) is 2. The molecule has 0 radical (unpaired) electrons. The maximum Gasteiger partial charge on any atom is 0.243 e. The average molecular weight is 340 g/mol. The second-order valence-electron chi connectivity index (χ2n) is 6.61. The van der Waals surface area contributed by atoms with E-state index in [1.165, 1.54) is 0 Å². The number of carbonyl (C=O) groups is 2. The summed E-state index contributed by atoms with van der Waals surface area (Å²) in [5, 5.41) is 9.99. The molecule has 1 aliphatic rings. The van der Waals surface area contributed by atoms with E-state index in [9.17, 15) is 9.59 Å². The molecule has 1 fully saturated rings. The van der Waals surface area contributed by atoms with Crippen molar-refractivity contribution in [3.05, 3.63) is 53.9 Å². The molecule has 1 saturated carbocycles. The molecule has 6 heteroatoms. The maximum atomic E-state index is 12.5. The molecule has 2 N–H and O–H groups in total.